The molecule has 4 aromatic rings. The number of rotatable bonds is 8. The van der Waals surface area contributed by atoms with Gasteiger partial charge in [0.1, 0.15) is 11.1 Å². The Hall–Kier alpha value is -6.04. The molecule has 0 aliphatic carbocycles. The van der Waals surface area contributed by atoms with E-state index in [4.69, 9.17) is 0 Å². The van der Waals surface area contributed by atoms with Gasteiger partial charge in [-0.1, -0.05) is 24.3 Å². The Morgan fingerprint density at radius 2 is 0.833 bits per heavy atom. The molecule has 3 aliphatic rings. The van der Waals surface area contributed by atoms with Gasteiger partial charge in [0.05, 0.1) is 35.3 Å². The zero-order valence-electron chi connectivity index (χ0n) is 26.0. The van der Waals surface area contributed by atoms with Crippen molar-refractivity contribution >= 4 is 35.4 Å². The van der Waals surface area contributed by atoms with E-state index in [0.29, 0.717) is 72.6 Å². The fourth-order valence-electron chi connectivity index (χ4n) is 6.37. The molecule has 0 spiro atoms. The van der Waals surface area contributed by atoms with Crippen LogP contribution in [0.1, 0.15) is 62.1 Å². The molecule has 1 fully saturated rings. The van der Waals surface area contributed by atoms with E-state index >= 15 is 0 Å². The lowest BCUT2D eigenvalue weighted by Crippen LogP contribution is -2.51. The van der Waals surface area contributed by atoms with E-state index in [1.807, 2.05) is 0 Å². The number of pyridine rings is 2. The van der Waals surface area contributed by atoms with Crippen LogP contribution in [0.5, 0.6) is 0 Å². The third-order valence-electron chi connectivity index (χ3n) is 8.98. The van der Waals surface area contributed by atoms with Gasteiger partial charge in [-0.05, 0) is 36.4 Å². The zero-order chi connectivity index (χ0) is 33.4. The Morgan fingerprint density at radius 3 is 1.17 bits per heavy atom. The summed E-state index contributed by atoms with van der Waals surface area (Å²) >= 11 is 0. The van der Waals surface area contributed by atoms with Gasteiger partial charge in [-0.3, -0.25) is 38.6 Å². The highest BCUT2D eigenvalue weighted by Crippen LogP contribution is 2.23. The summed E-state index contributed by atoms with van der Waals surface area (Å²) < 4.78 is 3.57. The molecule has 0 radical (unpaired) electrons. The van der Waals surface area contributed by atoms with E-state index in [-0.39, 0.29) is 48.5 Å². The van der Waals surface area contributed by atoms with Crippen LogP contribution in [0.4, 0.5) is 0 Å². The van der Waals surface area contributed by atoms with Crippen LogP contribution in [0.15, 0.2) is 97.6 Å². The first-order valence-corrected chi connectivity index (χ1v) is 15.8. The average Bonchev–Trinajstić information content (AvgIpc) is 3.52. The van der Waals surface area contributed by atoms with Crippen molar-refractivity contribution < 1.29 is 37.9 Å². The predicted molar refractivity (Wildman–Crippen MR) is 169 cm³/mol. The summed E-state index contributed by atoms with van der Waals surface area (Å²) in [6, 6.07) is 20.5. The molecule has 48 heavy (non-hydrogen) atoms. The van der Waals surface area contributed by atoms with Gasteiger partial charge in [0.25, 0.3) is 35.4 Å². The molecule has 0 saturated carbocycles. The smallest absolute Gasteiger partial charge is 0.261 e. The lowest BCUT2D eigenvalue weighted by atomic mass is 10.1. The molecule has 7 rings (SSSR count). The van der Waals surface area contributed by atoms with Gasteiger partial charge >= 0.3 is 0 Å². The molecule has 0 atom stereocenters. The molecule has 2 aromatic carbocycles. The van der Waals surface area contributed by atoms with E-state index in [0.717, 1.165) is 0 Å². The van der Waals surface area contributed by atoms with E-state index < -0.39 is 0 Å². The molecule has 12 nitrogen and oxygen atoms in total. The van der Waals surface area contributed by atoms with E-state index in [1.165, 1.54) is 9.80 Å². The third kappa shape index (κ3) is 5.61. The van der Waals surface area contributed by atoms with Crippen molar-refractivity contribution in [2.75, 3.05) is 39.3 Å². The van der Waals surface area contributed by atoms with Crippen molar-refractivity contribution in [3.05, 3.63) is 131 Å². The van der Waals surface area contributed by atoms with Crippen molar-refractivity contribution in [3.8, 4) is 0 Å². The minimum Gasteiger partial charge on any atom is -0.335 e. The molecule has 5 heterocycles. The van der Waals surface area contributed by atoms with Crippen LogP contribution in [0, 0.1) is 0 Å². The Labute approximate surface area is 276 Å². The van der Waals surface area contributed by atoms with Crippen LogP contribution in [0.25, 0.3) is 0 Å². The summed E-state index contributed by atoms with van der Waals surface area (Å²) in [6.45, 7) is 2.48. The molecule has 6 amide bonds. The van der Waals surface area contributed by atoms with Crippen LogP contribution in [0.3, 0.4) is 0 Å². The SMILES string of the molecule is O=C(c1ccc[n+](CCN2C(=O)c3ccccc3C2=O)c1)N1CCN(C(=O)c2ccc[n+](CCN3C(=O)c4ccccc4C3=O)c2)CC1. The van der Waals surface area contributed by atoms with Gasteiger partial charge in [-0.2, -0.15) is 0 Å². The van der Waals surface area contributed by atoms with Crippen LogP contribution >= 0.6 is 0 Å². The Morgan fingerprint density at radius 1 is 0.500 bits per heavy atom. The van der Waals surface area contributed by atoms with Crippen molar-refractivity contribution in [3.63, 3.8) is 0 Å². The van der Waals surface area contributed by atoms with E-state index in [1.54, 1.807) is 117 Å². The lowest BCUT2D eigenvalue weighted by molar-refractivity contribution is -0.696. The van der Waals surface area contributed by atoms with Crippen molar-refractivity contribution in [2.45, 2.75) is 13.1 Å². The number of benzene rings is 2. The second-order valence-electron chi connectivity index (χ2n) is 11.9. The van der Waals surface area contributed by atoms with Gasteiger partial charge in [0.2, 0.25) is 0 Å². The molecular formula is C36H32N6O6+2. The standard InChI is InChI=1S/C36H32N6O6/c43-31(25-7-5-13-37(23-25)15-21-41-33(45)27-9-1-2-10-28(27)34(41)46)39-17-19-40(20-18-39)32(44)26-8-6-14-38(24-26)16-22-42-35(47)29-11-3-4-12-30(29)36(42)48/h1-14,23-24H,15-22H2/q+2. The van der Waals surface area contributed by atoms with E-state index in [9.17, 15) is 28.8 Å². The van der Waals surface area contributed by atoms with Crippen molar-refractivity contribution in [2.24, 2.45) is 0 Å². The Kier molecular flexibility index (Phi) is 8.05. The first-order valence-electron chi connectivity index (χ1n) is 15.8. The monoisotopic (exact) mass is 644 g/mol. The summed E-state index contributed by atoms with van der Waals surface area (Å²) in [4.78, 5) is 83.5. The first-order chi connectivity index (χ1) is 23.3. The second-order valence-corrected chi connectivity index (χ2v) is 11.9. The fraction of sp³-hybridized carbons (Fsp3) is 0.222. The number of piperazine rings is 1. The summed E-state index contributed by atoms with van der Waals surface area (Å²) in [5, 5.41) is 0. The largest absolute Gasteiger partial charge is 0.335 e. The zero-order valence-corrected chi connectivity index (χ0v) is 26.0. The van der Waals surface area contributed by atoms with Gasteiger partial charge in [0.15, 0.2) is 37.9 Å². The highest BCUT2D eigenvalue weighted by molar-refractivity contribution is 6.22. The van der Waals surface area contributed by atoms with Crippen LogP contribution in [-0.4, -0.2) is 94.3 Å². The molecule has 240 valence electrons. The van der Waals surface area contributed by atoms with Gasteiger partial charge in [-0.25, -0.2) is 9.13 Å². The van der Waals surface area contributed by atoms with Crippen LogP contribution in [0.2, 0.25) is 0 Å². The molecular weight excluding hydrogens is 612 g/mol. The Balaban J connectivity index is 0.921. The maximum atomic E-state index is 13.4. The predicted octanol–water partition coefficient (Wildman–Crippen LogP) is 1.45. The molecule has 0 bridgehead atoms. The highest BCUT2D eigenvalue weighted by atomic mass is 16.2. The number of nitrogens with zero attached hydrogens (tertiary/aromatic N) is 6. The number of aromatic nitrogens is 2. The first kappa shape index (κ1) is 30.6. The van der Waals surface area contributed by atoms with Crippen LogP contribution in [-0.2, 0) is 13.1 Å². The molecule has 12 heteroatoms. The van der Waals surface area contributed by atoms with Gasteiger partial charge in [0, 0.05) is 38.3 Å². The number of hydrogen-bond donors (Lipinski definition) is 0. The maximum Gasteiger partial charge on any atom is 0.261 e. The number of carbonyl (C=O) groups is 6. The number of amides is 6. The molecule has 3 aliphatic heterocycles. The third-order valence-corrected chi connectivity index (χ3v) is 8.98. The summed E-state index contributed by atoms with van der Waals surface area (Å²) in [5.41, 5.74) is 2.56. The maximum absolute atomic E-state index is 13.4. The summed E-state index contributed by atoms with van der Waals surface area (Å²) in [6.07, 6.45) is 7.00. The molecule has 1 saturated heterocycles. The number of hydrogen-bond acceptors (Lipinski definition) is 6. The van der Waals surface area contributed by atoms with Crippen molar-refractivity contribution in [1.82, 2.24) is 19.6 Å². The summed E-state index contributed by atoms with van der Waals surface area (Å²) in [7, 11) is 0. The summed E-state index contributed by atoms with van der Waals surface area (Å²) in [5.74, 6) is -1.60. The lowest BCUT2D eigenvalue weighted by Gasteiger charge is -2.34. The minimum atomic E-state index is -0.317. The van der Waals surface area contributed by atoms with Crippen LogP contribution < -0.4 is 9.13 Å². The highest BCUT2D eigenvalue weighted by Gasteiger charge is 2.37. The molecule has 2 aromatic heterocycles. The Bertz CT molecular complexity index is 1790. The van der Waals surface area contributed by atoms with Gasteiger partial charge in [-0.15, -0.1) is 0 Å². The average molecular weight is 645 g/mol. The number of imide groups is 2. The normalized spacial score (nSPS) is 15.7. The fourth-order valence-corrected chi connectivity index (χ4v) is 6.37. The number of carbonyl (C=O) groups excluding carboxylic acids is 6. The van der Waals surface area contributed by atoms with E-state index in [2.05, 4.69) is 0 Å². The minimum absolute atomic E-state index is 0.164. The quantitative estimate of drug-likeness (QED) is 0.212. The topological polar surface area (TPSA) is 123 Å². The second kappa shape index (κ2) is 12.6. The van der Waals surface area contributed by atoms with Crippen molar-refractivity contribution in [1.29, 1.82) is 0 Å². The van der Waals surface area contributed by atoms with Gasteiger partial charge < -0.3 is 9.80 Å². The molecule has 0 unspecified atom stereocenters. The number of fused-ring (bicyclic) bond motifs is 2. The molecule has 0 N–H and O–H groups in total.